The molecular formula is C19H18ClN3OS. The molecule has 1 N–H and O–H groups in total. The van der Waals surface area contributed by atoms with Crippen molar-refractivity contribution in [1.29, 1.82) is 0 Å². The molecule has 3 aromatic rings. The topological polar surface area (TPSA) is 46.9 Å². The Morgan fingerprint density at radius 2 is 1.92 bits per heavy atom. The predicted molar refractivity (Wildman–Crippen MR) is 102 cm³/mol. The number of carbonyl (C=O) groups is 1. The van der Waals surface area contributed by atoms with Crippen LogP contribution in [-0.2, 0) is 4.79 Å². The van der Waals surface area contributed by atoms with Crippen molar-refractivity contribution >= 4 is 35.0 Å². The predicted octanol–water partition coefficient (Wildman–Crippen LogP) is 5.20. The maximum absolute atomic E-state index is 12.6. The normalized spacial score (nSPS) is 12.0. The Kier molecular flexibility index (Phi) is 5.46. The molecule has 1 amide bonds. The number of hydrogen-bond donors (Lipinski definition) is 1. The van der Waals surface area contributed by atoms with E-state index in [0.29, 0.717) is 5.02 Å². The van der Waals surface area contributed by atoms with Crippen LogP contribution in [0, 0.1) is 6.92 Å². The zero-order valence-electron chi connectivity index (χ0n) is 13.9. The van der Waals surface area contributed by atoms with E-state index in [9.17, 15) is 4.79 Å². The van der Waals surface area contributed by atoms with E-state index in [1.807, 2.05) is 68.6 Å². The number of aryl methyl sites for hydroxylation is 1. The Bertz CT molecular complexity index is 876. The molecule has 0 aliphatic heterocycles. The van der Waals surface area contributed by atoms with E-state index < -0.39 is 0 Å². The maximum atomic E-state index is 12.6. The highest BCUT2D eigenvalue weighted by molar-refractivity contribution is 7.99. The van der Waals surface area contributed by atoms with Gasteiger partial charge < -0.3 is 5.32 Å². The third kappa shape index (κ3) is 4.44. The second-order valence-corrected chi connectivity index (χ2v) is 7.27. The van der Waals surface area contributed by atoms with Gasteiger partial charge in [0.2, 0.25) is 5.91 Å². The first-order valence-corrected chi connectivity index (χ1v) is 9.06. The van der Waals surface area contributed by atoms with E-state index in [4.69, 9.17) is 11.6 Å². The molecule has 0 saturated carbocycles. The molecule has 0 saturated heterocycles. The highest BCUT2D eigenvalue weighted by atomic mass is 35.5. The lowest BCUT2D eigenvalue weighted by Gasteiger charge is -2.15. The monoisotopic (exact) mass is 371 g/mol. The smallest absolute Gasteiger partial charge is 0.248 e. The summed E-state index contributed by atoms with van der Waals surface area (Å²) >= 11 is 7.52. The zero-order valence-corrected chi connectivity index (χ0v) is 15.5. The molecule has 0 radical (unpaired) electrons. The summed E-state index contributed by atoms with van der Waals surface area (Å²) < 4.78 is 1.67. The summed E-state index contributed by atoms with van der Waals surface area (Å²) in [4.78, 5) is 14.6. The molecule has 2 aromatic carbocycles. The first kappa shape index (κ1) is 17.6. The summed E-state index contributed by atoms with van der Waals surface area (Å²) in [7, 11) is 0. The first-order chi connectivity index (χ1) is 12.0. The zero-order chi connectivity index (χ0) is 17.8. The number of halogens is 1. The minimum absolute atomic E-state index is 0.104. The van der Waals surface area contributed by atoms with Crippen LogP contribution in [0.4, 0.5) is 5.69 Å². The number of benzene rings is 2. The number of nitrogens with zero attached hydrogens (tertiary/aromatic N) is 2. The highest BCUT2D eigenvalue weighted by Crippen LogP contribution is 2.34. The van der Waals surface area contributed by atoms with Crippen molar-refractivity contribution in [3.05, 3.63) is 71.5 Å². The summed E-state index contributed by atoms with van der Waals surface area (Å²) in [5, 5.41) is 7.92. The van der Waals surface area contributed by atoms with E-state index in [-0.39, 0.29) is 11.9 Å². The molecule has 25 heavy (non-hydrogen) atoms. The second-order valence-electron chi connectivity index (χ2n) is 5.72. The third-order valence-corrected chi connectivity index (χ3v) is 5.03. The van der Waals surface area contributed by atoms with Gasteiger partial charge in [-0.25, -0.2) is 0 Å². The van der Waals surface area contributed by atoms with Crippen molar-refractivity contribution in [3.8, 4) is 0 Å². The van der Waals surface area contributed by atoms with Gasteiger partial charge in [-0.2, -0.15) is 5.10 Å². The van der Waals surface area contributed by atoms with Gasteiger partial charge in [-0.3, -0.25) is 9.48 Å². The lowest BCUT2D eigenvalue weighted by atomic mass is 10.2. The van der Waals surface area contributed by atoms with E-state index in [0.717, 1.165) is 21.0 Å². The van der Waals surface area contributed by atoms with Crippen LogP contribution in [0.3, 0.4) is 0 Å². The Labute approximate surface area is 156 Å². The quantitative estimate of drug-likeness (QED) is 0.670. The van der Waals surface area contributed by atoms with Gasteiger partial charge in [0.25, 0.3) is 0 Å². The number of carbonyl (C=O) groups excluding carboxylic acids is 1. The summed E-state index contributed by atoms with van der Waals surface area (Å²) in [5.74, 6) is -0.104. The molecule has 1 atom stereocenters. The van der Waals surface area contributed by atoms with Crippen molar-refractivity contribution in [2.24, 2.45) is 0 Å². The average Bonchev–Trinajstić information content (AvgIpc) is 3.04. The number of rotatable bonds is 5. The minimum Gasteiger partial charge on any atom is -0.323 e. The maximum Gasteiger partial charge on any atom is 0.248 e. The van der Waals surface area contributed by atoms with Crippen LogP contribution in [0.15, 0.2) is 70.7 Å². The summed E-state index contributed by atoms with van der Waals surface area (Å²) in [6, 6.07) is 15.0. The van der Waals surface area contributed by atoms with Crippen LogP contribution in [0.1, 0.15) is 18.5 Å². The van der Waals surface area contributed by atoms with Gasteiger partial charge in [-0.05, 0) is 55.8 Å². The highest BCUT2D eigenvalue weighted by Gasteiger charge is 2.17. The van der Waals surface area contributed by atoms with E-state index in [2.05, 4.69) is 10.4 Å². The van der Waals surface area contributed by atoms with Crippen LogP contribution in [0.5, 0.6) is 0 Å². The molecule has 4 nitrogen and oxygen atoms in total. The summed E-state index contributed by atoms with van der Waals surface area (Å²) in [5.41, 5.74) is 1.81. The van der Waals surface area contributed by atoms with Gasteiger partial charge >= 0.3 is 0 Å². The molecule has 1 heterocycles. The van der Waals surface area contributed by atoms with E-state index in [1.54, 1.807) is 22.6 Å². The molecule has 0 fully saturated rings. The van der Waals surface area contributed by atoms with Crippen LogP contribution in [-0.4, -0.2) is 15.7 Å². The molecule has 3 rings (SSSR count). The first-order valence-electron chi connectivity index (χ1n) is 7.87. The number of amides is 1. The van der Waals surface area contributed by atoms with Gasteiger partial charge in [-0.15, -0.1) is 0 Å². The van der Waals surface area contributed by atoms with Crippen molar-refractivity contribution in [2.45, 2.75) is 29.7 Å². The van der Waals surface area contributed by atoms with Crippen LogP contribution in [0.2, 0.25) is 5.02 Å². The molecule has 0 bridgehead atoms. The van der Waals surface area contributed by atoms with E-state index in [1.165, 1.54) is 0 Å². The number of aromatic nitrogens is 2. The summed E-state index contributed by atoms with van der Waals surface area (Å²) in [6.45, 7) is 3.78. The molecule has 0 aliphatic carbocycles. The standard InChI is InChI=1S/C19H18ClN3OS/c1-13-11-21-23(12-13)14(2)19(24)22-17-5-3-4-6-18(17)25-16-9-7-15(20)8-10-16/h3-12,14H,1-2H3,(H,22,24)/t14-/m0/s1. The Morgan fingerprint density at radius 1 is 1.20 bits per heavy atom. The molecule has 1 aromatic heterocycles. The molecular weight excluding hydrogens is 354 g/mol. The van der Waals surface area contributed by atoms with Gasteiger partial charge in [0.05, 0.1) is 11.9 Å². The van der Waals surface area contributed by atoms with Gasteiger partial charge in [0.15, 0.2) is 0 Å². The van der Waals surface area contributed by atoms with Crippen LogP contribution >= 0.6 is 23.4 Å². The molecule has 0 spiro atoms. The van der Waals surface area contributed by atoms with Crippen LogP contribution < -0.4 is 5.32 Å². The number of para-hydroxylation sites is 1. The van der Waals surface area contributed by atoms with E-state index >= 15 is 0 Å². The van der Waals surface area contributed by atoms with Crippen molar-refractivity contribution in [1.82, 2.24) is 9.78 Å². The van der Waals surface area contributed by atoms with Crippen LogP contribution in [0.25, 0.3) is 0 Å². The van der Waals surface area contributed by atoms with Crippen molar-refractivity contribution in [3.63, 3.8) is 0 Å². The number of hydrogen-bond acceptors (Lipinski definition) is 3. The number of anilines is 1. The lowest BCUT2D eigenvalue weighted by Crippen LogP contribution is -2.24. The molecule has 128 valence electrons. The fourth-order valence-electron chi connectivity index (χ4n) is 2.29. The summed E-state index contributed by atoms with van der Waals surface area (Å²) in [6.07, 6.45) is 3.60. The third-order valence-electron chi connectivity index (χ3n) is 3.69. The Hall–Kier alpha value is -2.24. The minimum atomic E-state index is -0.387. The van der Waals surface area contributed by atoms with Gasteiger partial charge in [0, 0.05) is 21.0 Å². The van der Waals surface area contributed by atoms with Gasteiger partial charge in [-0.1, -0.05) is 35.5 Å². The largest absolute Gasteiger partial charge is 0.323 e. The fourth-order valence-corrected chi connectivity index (χ4v) is 3.32. The van der Waals surface area contributed by atoms with Crippen molar-refractivity contribution < 1.29 is 4.79 Å². The SMILES string of the molecule is Cc1cnn([C@@H](C)C(=O)Nc2ccccc2Sc2ccc(Cl)cc2)c1. The fraction of sp³-hybridized carbons (Fsp3) is 0.158. The molecule has 6 heteroatoms. The Balaban J connectivity index is 1.76. The molecule has 0 unspecified atom stereocenters. The molecule has 0 aliphatic rings. The average molecular weight is 372 g/mol. The van der Waals surface area contributed by atoms with Crippen molar-refractivity contribution in [2.75, 3.05) is 5.32 Å². The lowest BCUT2D eigenvalue weighted by molar-refractivity contribution is -0.119. The number of nitrogens with one attached hydrogen (secondary N) is 1. The van der Waals surface area contributed by atoms with Gasteiger partial charge in [0.1, 0.15) is 6.04 Å². The Morgan fingerprint density at radius 3 is 2.60 bits per heavy atom. The second kappa shape index (κ2) is 7.76.